The fourth-order valence-corrected chi connectivity index (χ4v) is 2.35. The van der Waals surface area contributed by atoms with E-state index in [1.165, 1.54) is 16.7 Å². The number of ether oxygens (including phenoxy) is 2. The molecule has 1 aromatic rings. The first kappa shape index (κ1) is 16.5. The van der Waals surface area contributed by atoms with Crippen LogP contribution in [0.2, 0.25) is 0 Å². The third kappa shape index (κ3) is 5.64. The zero-order valence-corrected chi connectivity index (χ0v) is 13.1. The van der Waals surface area contributed by atoms with Crippen molar-refractivity contribution in [1.29, 1.82) is 0 Å². The molecule has 0 aromatic heterocycles. The minimum atomic E-state index is -0.0985. The van der Waals surface area contributed by atoms with Crippen LogP contribution in [0.5, 0.6) is 5.75 Å². The van der Waals surface area contributed by atoms with E-state index >= 15 is 0 Å². The van der Waals surface area contributed by atoms with Crippen molar-refractivity contribution in [2.45, 2.75) is 53.4 Å². The molecule has 0 bridgehead atoms. The average molecular weight is 278 g/mol. The first-order valence-electron chi connectivity index (χ1n) is 7.41. The molecule has 20 heavy (non-hydrogen) atoms. The zero-order chi connectivity index (χ0) is 15.0. The van der Waals surface area contributed by atoms with Gasteiger partial charge in [0.2, 0.25) is 0 Å². The molecule has 0 aliphatic rings. The Labute approximate surface area is 122 Å². The molecule has 3 nitrogen and oxygen atoms in total. The van der Waals surface area contributed by atoms with Gasteiger partial charge in [-0.05, 0) is 58.1 Å². The third-order valence-electron chi connectivity index (χ3n) is 3.18. The van der Waals surface area contributed by atoms with E-state index in [9.17, 15) is 4.79 Å². The Morgan fingerprint density at radius 2 is 1.70 bits per heavy atom. The van der Waals surface area contributed by atoms with E-state index in [4.69, 9.17) is 9.47 Å². The Kier molecular flexibility index (Phi) is 7.13. The highest BCUT2D eigenvalue weighted by Crippen LogP contribution is 2.24. The van der Waals surface area contributed by atoms with Gasteiger partial charge in [-0.2, -0.15) is 0 Å². The molecule has 1 aromatic carbocycles. The van der Waals surface area contributed by atoms with Crippen molar-refractivity contribution in [2.24, 2.45) is 0 Å². The molecule has 0 atom stereocenters. The van der Waals surface area contributed by atoms with Gasteiger partial charge in [0.15, 0.2) is 0 Å². The summed E-state index contributed by atoms with van der Waals surface area (Å²) in [6, 6.07) is 4.28. The van der Waals surface area contributed by atoms with Crippen LogP contribution in [-0.4, -0.2) is 19.2 Å². The molecule has 0 fully saturated rings. The highest BCUT2D eigenvalue weighted by Gasteiger charge is 2.05. The van der Waals surface area contributed by atoms with Gasteiger partial charge in [-0.1, -0.05) is 17.7 Å². The molecule has 0 aliphatic heterocycles. The minimum absolute atomic E-state index is 0.0985. The molecule has 0 saturated carbocycles. The van der Waals surface area contributed by atoms with Crippen LogP contribution in [0, 0.1) is 20.8 Å². The quantitative estimate of drug-likeness (QED) is 0.530. The lowest BCUT2D eigenvalue weighted by molar-refractivity contribution is -0.143. The number of carbonyl (C=O) groups excluding carboxylic acids is 1. The summed E-state index contributed by atoms with van der Waals surface area (Å²) in [5.41, 5.74) is 3.64. The summed E-state index contributed by atoms with van der Waals surface area (Å²) in [5, 5.41) is 0. The van der Waals surface area contributed by atoms with Gasteiger partial charge < -0.3 is 9.47 Å². The van der Waals surface area contributed by atoms with Crippen molar-refractivity contribution in [3.05, 3.63) is 28.8 Å². The van der Waals surface area contributed by atoms with Gasteiger partial charge in [0.25, 0.3) is 0 Å². The van der Waals surface area contributed by atoms with E-state index in [2.05, 4.69) is 32.9 Å². The second-order valence-corrected chi connectivity index (χ2v) is 5.19. The lowest BCUT2D eigenvalue weighted by Gasteiger charge is -2.13. The van der Waals surface area contributed by atoms with Crippen molar-refractivity contribution in [2.75, 3.05) is 13.2 Å². The largest absolute Gasteiger partial charge is 0.493 e. The predicted molar refractivity (Wildman–Crippen MR) is 81.2 cm³/mol. The predicted octanol–water partition coefficient (Wildman–Crippen LogP) is 4.11. The van der Waals surface area contributed by atoms with Crippen LogP contribution in [0.3, 0.4) is 0 Å². The van der Waals surface area contributed by atoms with E-state index in [0.29, 0.717) is 19.6 Å². The van der Waals surface area contributed by atoms with Gasteiger partial charge in [0.05, 0.1) is 13.2 Å². The Morgan fingerprint density at radius 3 is 2.30 bits per heavy atom. The van der Waals surface area contributed by atoms with Crippen molar-refractivity contribution in [3.8, 4) is 5.75 Å². The van der Waals surface area contributed by atoms with Crippen LogP contribution < -0.4 is 4.74 Å². The van der Waals surface area contributed by atoms with Gasteiger partial charge in [0.1, 0.15) is 5.75 Å². The van der Waals surface area contributed by atoms with Gasteiger partial charge in [-0.3, -0.25) is 4.79 Å². The Hall–Kier alpha value is -1.51. The molecular formula is C17H26O3. The first-order chi connectivity index (χ1) is 9.54. The van der Waals surface area contributed by atoms with Crippen molar-refractivity contribution < 1.29 is 14.3 Å². The van der Waals surface area contributed by atoms with E-state index in [0.717, 1.165) is 25.0 Å². The van der Waals surface area contributed by atoms with Crippen LogP contribution in [0.25, 0.3) is 0 Å². The molecule has 0 spiro atoms. The molecule has 112 valence electrons. The number of unbranched alkanes of at least 4 members (excludes halogenated alkanes) is 2. The van der Waals surface area contributed by atoms with E-state index in [1.54, 1.807) is 0 Å². The number of rotatable bonds is 8. The van der Waals surface area contributed by atoms with Crippen LogP contribution in [0.1, 0.15) is 49.3 Å². The third-order valence-corrected chi connectivity index (χ3v) is 3.18. The molecule has 1 rings (SSSR count). The second kappa shape index (κ2) is 8.62. The monoisotopic (exact) mass is 278 g/mol. The molecule has 0 unspecified atom stereocenters. The van der Waals surface area contributed by atoms with Crippen LogP contribution in [-0.2, 0) is 9.53 Å². The minimum Gasteiger partial charge on any atom is -0.493 e. The molecule has 0 radical (unpaired) electrons. The summed E-state index contributed by atoms with van der Waals surface area (Å²) < 4.78 is 10.8. The Morgan fingerprint density at radius 1 is 1.05 bits per heavy atom. The van der Waals surface area contributed by atoms with Crippen molar-refractivity contribution in [1.82, 2.24) is 0 Å². The summed E-state index contributed by atoms with van der Waals surface area (Å²) in [6.07, 6.45) is 3.33. The van der Waals surface area contributed by atoms with E-state index in [-0.39, 0.29) is 5.97 Å². The van der Waals surface area contributed by atoms with Crippen LogP contribution in [0.4, 0.5) is 0 Å². The van der Waals surface area contributed by atoms with Crippen LogP contribution >= 0.6 is 0 Å². The first-order valence-corrected chi connectivity index (χ1v) is 7.41. The highest BCUT2D eigenvalue weighted by atomic mass is 16.5. The number of carbonyl (C=O) groups is 1. The van der Waals surface area contributed by atoms with Gasteiger partial charge in [0, 0.05) is 6.42 Å². The lowest BCUT2D eigenvalue weighted by atomic mass is 10.1. The number of hydrogen-bond acceptors (Lipinski definition) is 3. The summed E-state index contributed by atoms with van der Waals surface area (Å²) in [6.45, 7) is 9.25. The molecule has 0 saturated heterocycles. The number of benzene rings is 1. The van der Waals surface area contributed by atoms with E-state index in [1.807, 2.05) is 6.92 Å². The second-order valence-electron chi connectivity index (χ2n) is 5.19. The molecule has 0 amide bonds. The fraction of sp³-hybridized carbons (Fsp3) is 0.588. The van der Waals surface area contributed by atoms with Crippen molar-refractivity contribution in [3.63, 3.8) is 0 Å². The number of aryl methyl sites for hydroxylation is 3. The van der Waals surface area contributed by atoms with Gasteiger partial charge in [-0.25, -0.2) is 0 Å². The van der Waals surface area contributed by atoms with Crippen LogP contribution in [0.15, 0.2) is 12.1 Å². The number of esters is 1. The SMILES string of the molecule is CCOC(=O)CCCCCOc1c(C)cc(C)cc1C. The van der Waals surface area contributed by atoms with Gasteiger partial charge >= 0.3 is 5.97 Å². The highest BCUT2D eigenvalue weighted by molar-refractivity contribution is 5.69. The van der Waals surface area contributed by atoms with Gasteiger partial charge in [-0.15, -0.1) is 0 Å². The smallest absolute Gasteiger partial charge is 0.305 e. The standard InChI is InChI=1S/C17H26O3/c1-5-19-16(18)9-7-6-8-10-20-17-14(3)11-13(2)12-15(17)4/h11-12H,5-10H2,1-4H3. The number of hydrogen-bond donors (Lipinski definition) is 0. The molecule has 3 heteroatoms. The van der Waals surface area contributed by atoms with Crippen molar-refractivity contribution >= 4 is 5.97 Å². The molecular weight excluding hydrogens is 252 g/mol. The Balaban J connectivity index is 2.23. The molecule has 0 N–H and O–H groups in total. The maximum atomic E-state index is 11.2. The summed E-state index contributed by atoms with van der Waals surface area (Å²) in [4.78, 5) is 11.2. The topological polar surface area (TPSA) is 35.5 Å². The average Bonchev–Trinajstić information content (AvgIpc) is 2.36. The molecule has 0 heterocycles. The van der Waals surface area contributed by atoms with E-state index < -0.39 is 0 Å². The fourth-order valence-electron chi connectivity index (χ4n) is 2.35. The normalized spacial score (nSPS) is 10.4. The summed E-state index contributed by atoms with van der Waals surface area (Å²) in [5.74, 6) is 0.902. The zero-order valence-electron chi connectivity index (χ0n) is 13.1. The maximum absolute atomic E-state index is 11.2. The summed E-state index contributed by atoms with van der Waals surface area (Å²) >= 11 is 0. The lowest BCUT2D eigenvalue weighted by Crippen LogP contribution is -2.04. The maximum Gasteiger partial charge on any atom is 0.305 e. The molecule has 0 aliphatic carbocycles. The summed E-state index contributed by atoms with van der Waals surface area (Å²) in [7, 11) is 0. The Bertz CT molecular complexity index is 415.